The normalized spacial score (nSPS) is 10.8. The second-order valence-electron chi connectivity index (χ2n) is 8.66. The van der Waals surface area contributed by atoms with Crippen LogP contribution in [0, 0.1) is 0 Å². The van der Waals surface area contributed by atoms with Crippen LogP contribution in [-0.4, -0.2) is 38.4 Å². The van der Waals surface area contributed by atoms with Gasteiger partial charge in [0.25, 0.3) is 0 Å². The molecule has 0 aliphatic heterocycles. The Morgan fingerprint density at radius 3 is 1.50 bits per heavy atom. The first-order chi connectivity index (χ1) is 18.6. The van der Waals surface area contributed by atoms with Crippen LogP contribution < -0.4 is 9.47 Å². The fourth-order valence-electron chi connectivity index (χ4n) is 3.35. The number of unbranched alkanes of at least 4 members (excludes halogenated alkanes) is 6. The summed E-state index contributed by atoms with van der Waals surface area (Å²) < 4.78 is 21.6. The fourth-order valence-corrected chi connectivity index (χ4v) is 3.35. The molecule has 0 aliphatic rings. The van der Waals surface area contributed by atoms with Crippen LogP contribution in [0.1, 0.15) is 64.7 Å². The van der Waals surface area contributed by atoms with E-state index >= 15 is 0 Å². The number of hydrogen-bond acceptors (Lipinski definition) is 8. The largest absolute Gasteiger partial charge is 0.494 e. The van der Waals surface area contributed by atoms with Crippen molar-refractivity contribution in [3.63, 3.8) is 0 Å². The van der Waals surface area contributed by atoms with Crippen molar-refractivity contribution < 1.29 is 28.5 Å². The smallest absolute Gasteiger partial charge is 0.330 e. The lowest BCUT2D eigenvalue weighted by atomic mass is 10.2. The van der Waals surface area contributed by atoms with Crippen molar-refractivity contribution in [1.82, 2.24) is 0 Å². The van der Waals surface area contributed by atoms with E-state index in [9.17, 15) is 9.59 Å². The van der Waals surface area contributed by atoms with Gasteiger partial charge < -0.3 is 18.9 Å². The lowest BCUT2D eigenvalue weighted by molar-refractivity contribution is -0.143. The topological polar surface area (TPSA) is 95.8 Å². The molecule has 0 spiro atoms. The Bertz CT molecular complexity index is 973. The highest BCUT2D eigenvalue weighted by molar-refractivity contribution is 5.81. The van der Waals surface area contributed by atoms with Crippen molar-refractivity contribution in [2.24, 2.45) is 10.2 Å². The average Bonchev–Trinajstić information content (AvgIpc) is 2.95. The van der Waals surface area contributed by atoms with Gasteiger partial charge in [0.05, 0.1) is 37.8 Å². The summed E-state index contributed by atoms with van der Waals surface area (Å²) in [5.74, 6) is 1.09. The second kappa shape index (κ2) is 19.4. The third-order valence-corrected chi connectivity index (χ3v) is 5.53. The van der Waals surface area contributed by atoms with Gasteiger partial charge in [0.2, 0.25) is 0 Å². The number of hydrogen-bond donors (Lipinski definition) is 0. The van der Waals surface area contributed by atoms with E-state index in [0.29, 0.717) is 32.8 Å². The maximum atomic E-state index is 11.1. The molecule has 0 saturated carbocycles. The van der Waals surface area contributed by atoms with Crippen LogP contribution in [-0.2, 0) is 19.1 Å². The van der Waals surface area contributed by atoms with Gasteiger partial charge in [0, 0.05) is 12.5 Å². The average molecular weight is 525 g/mol. The highest BCUT2D eigenvalue weighted by Crippen LogP contribution is 2.23. The van der Waals surface area contributed by atoms with Crippen molar-refractivity contribution >= 4 is 23.3 Å². The molecule has 38 heavy (non-hydrogen) atoms. The van der Waals surface area contributed by atoms with E-state index in [2.05, 4.69) is 16.8 Å². The first-order valence-corrected chi connectivity index (χ1v) is 13.4. The van der Waals surface area contributed by atoms with Gasteiger partial charge in [-0.3, -0.25) is 4.79 Å². The Morgan fingerprint density at radius 1 is 0.658 bits per heavy atom. The zero-order valence-corrected chi connectivity index (χ0v) is 22.4. The van der Waals surface area contributed by atoms with Crippen LogP contribution in [0.25, 0.3) is 0 Å². The zero-order chi connectivity index (χ0) is 27.3. The maximum absolute atomic E-state index is 11.1. The van der Waals surface area contributed by atoms with Crippen LogP contribution >= 0.6 is 0 Å². The molecule has 0 bridgehead atoms. The molecule has 0 heterocycles. The molecule has 2 aromatic carbocycles. The zero-order valence-electron chi connectivity index (χ0n) is 22.4. The minimum absolute atomic E-state index is 0.137. The number of carbonyl (C=O) groups excluding carboxylic acids is 2. The van der Waals surface area contributed by atoms with Gasteiger partial charge in [-0.1, -0.05) is 13.5 Å². The second-order valence-corrected chi connectivity index (χ2v) is 8.66. The molecular formula is C30H40N2O6. The van der Waals surface area contributed by atoms with Gasteiger partial charge >= 0.3 is 11.9 Å². The number of ether oxygens (including phenoxy) is 4. The molecule has 0 N–H and O–H groups in total. The Hall–Kier alpha value is -3.68. The number of azo groups is 1. The van der Waals surface area contributed by atoms with Gasteiger partial charge in [-0.2, -0.15) is 10.2 Å². The van der Waals surface area contributed by atoms with Crippen molar-refractivity contribution in [2.75, 3.05) is 26.4 Å². The first-order valence-electron chi connectivity index (χ1n) is 13.4. The van der Waals surface area contributed by atoms with E-state index in [-0.39, 0.29) is 11.9 Å². The lowest BCUT2D eigenvalue weighted by Crippen LogP contribution is -2.04. The van der Waals surface area contributed by atoms with Gasteiger partial charge in [0.15, 0.2) is 0 Å². The summed E-state index contributed by atoms with van der Waals surface area (Å²) in [6.07, 6.45) is 9.29. The monoisotopic (exact) mass is 524 g/mol. The van der Waals surface area contributed by atoms with Crippen LogP contribution in [0.15, 0.2) is 71.4 Å². The third kappa shape index (κ3) is 14.2. The summed E-state index contributed by atoms with van der Waals surface area (Å²) in [6.45, 7) is 7.39. The molecule has 0 fully saturated rings. The summed E-state index contributed by atoms with van der Waals surface area (Å²) >= 11 is 0. The molecule has 0 saturated heterocycles. The van der Waals surface area contributed by atoms with E-state index in [4.69, 9.17) is 18.9 Å². The molecular weight excluding hydrogens is 484 g/mol. The third-order valence-electron chi connectivity index (χ3n) is 5.53. The van der Waals surface area contributed by atoms with Gasteiger partial charge in [0.1, 0.15) is 11.5 Å². The molecule has 0 aromatic heterocycles. The number of esters is 2. The van der Waals surface area contributed by atoms with Crippen LogP contribution in [0.2, 0.25) is 0 Å². The highest BCUT2D eigenvalue weighted by atomic mass is 16.5. The Morgan fingerprint density at radius 2 is 1.08 bits per heavy atom. The Labute approximate surface area is 226 Å². The number of nitrogens with zero attached hydrogens (tertiary/aromatic N) is 2. The molecule has 0 unspecified atom stereocenters. The molecule has 2 rings (SSSR count). The van der Waals surface area contributed by atoms with Crippen molar-refractivity contribution in [3.05, 3.63) is 61.2 Å². The van der Waals surface area contributed by atoms with Crippen molar-refractivity contribution in [1.29, 1.82) is 0 Å². The molecule has 8 nitrogen and oxygen atoms in total. The molecule has 2 aromatic rings. The Kier molecular flexibility index (Phi) is 15.6. The highest BCUT2D eigenvalue weighted by Gasteiger charge is 2.00. The molecule has 8 heteroatoms. The van der Waals surface area contributed by atoms with Gasteiger partial charge in [-0.25, -0.2) is 4.79 Å². The van der Waals surface area contributed by atoms with Crippen molar-refractivity contribution in [2.45, 2.75) is 64.7 Å². The standard InChI is InChI=1S/C30H40N2O6/c1-3-29(33)37-23-11-7-5-9-21-35-27-17-13-25(14-18-27)31-32-26-15-19-28(20-16-26)36-22-10-6-8-12-24-38-30(34)4-2/h3,13-20H,1,4-12,21-24H2,2H3/b32-31+. The number of rotatable bonds is 20. The minimum Gasteiger partial charge on any atom is -0.494 e. The van der Waals surface area contributed by atoms with Gasteiger partial charge in [-0.15, -0.1) is 0 Å². The molecule has 0 aliphatic carbocycles. The van der Waals surface area contributed by atoms with Crippen LogP contribution in [0.3, 0.4) is 0 Å². The Balaban J connectivity index is 1.56. The SMILES string of the molecule is C=CC(=O)OCCCCCCOc1ccc(/N=N/c2ccc(OCCCCCCOC(=O)CC)cc2)cc1. The molecule has 0 radical (unpaired) electrons. The summed E-state index contributed by atoms with van der Waals surface area (Å²) in [7, 11) is 0. The van der Waals surface area contributed by atoms with Crippen molar-refractivity contribution in [3.8, 4) is 11.5 Å². The summed E-state index contributed by atoms with van der Waals surface area (Å²) in [5.41, 5.74) is 1.50. The fraction of sp³-hybridized carbons (Fsp3) is 0.467. The number of benzene rings is 2. The summed E-state index contributed by atoms with van der Waals surface area (Å²) in [6, 6.07) is 15.1. The first kappa shape index (κ1) is 30.5. The maximum Gasteiger partial charge on any atom is 0.330 e. The van der Waals surface area contributed by atoms with E-state index < -0.39 is 0 Å². The molecule has 206 valence electrons. The predicted octanol–water partition coefficient (Wildman–Crippen LogP) is 7.66. The van der Waals surface area contributed by atoms with E-state index in [0.717, 1.165) is 74.2 Å². The van der Waals surface area contributed by atoms with E-state index in [1.165, 1.54) is 6.08 Å². The predicted molar refractivity (Wildman–Crippen MR) is 147 cm³/mol. The van der Waals surface area contributed by atoms with Crippen LogP contribution in [0.5, 0.6) is 11.5 Å². The van der Waals surface area contributed by atoms with Gasteiger partial charge in [-0.05, 0) is 99.9 Å². The van der Waals surface area contributed by atoms with E-state index in [1.54, 1.807) is 6.92 Å². The van der Waals surface area contributed by atoms with E-state index in [1.807, 2.05) is 48.5 Å². The summed E-state index contributed by atoms with van der Waals surface area (Å²) in [5, 5.41) is 8.57. The molecule has 0 atom stereocenters. The quantitative estimate of drug-likeness (QED) is 0.0763. The molecule has 0 amide bonds. The minimum atomic E-state index is -0.372. The summed E-state index contributed by atoms with van der Waals surface area (Å²) in [4.78, 5) is 22.0. The number of carbonyl (C=O) groups is 2. The lowest BCUT2D eigenvalue weighted by Gasteiger charge is -2.07. The van der Waals surface area contributed by atoms with Crippen LogP contribution in [0.4, 0.5) is 11.4 Å².